The van der Waals surface area contributed by atoms with Gasteiger partial charge in [-0.2, -0.15) is 0 Å². The molecule has 1 aliphatic rings. The van der Waals surface area contributed by atoms with E-state index in [1.165, 1.54) is 18.6 Å². The van der Waals surface area contributed by atoms with Gasteiger partial charge in [-0.25, -0.2) is 13.1 Å². The molecule has 1 aromatic rings. The highest BCUT2D eigenvalue weighted by molar-refractivity contribution is 7.89. The topological polar surface area (TPSA) is 66.4 Å². The first-order chi connectivity index (χ1) is 8.49. The van der Waals surface area contributed by atoms with Gasteiger partial charge < -0.3 is 5.11 Å². The lowest BCUT2D eigenvalue weighted by Crippen LogP contribution is -2.36. The molecule has 0 unspecified atom stereocenters. The number of nitrogens with one attached hydrogen (secondary N) is 1. The number of sulfonamides is 1. The Morgan fingerprint density at radius 1 is 1.22 bits per heavy atom. The van der Waals surface area contributed by atoms with Crippen LogP contribution < -0.4 is 4.72 Å². The van der Waals surface area contributed by atoms with E-state index in [1.807, 2.05) is 0 Å². The molecule has 0 radical (unpaired) electrons. The zero-order chi connectivity index (χ0) is 13.2. The van der Waals surface area contributed by atoms with Crippen LogP contribution >= 0.6 is 0 Å². The summed E-state index contributed by atoms with van der Waals surface area (Å²) in [7, 11) is -3.52. The van der Waals surface area contributed by atoms with E-state index in [0.29, 0.717) is 5.56 Å². The Morgan fingerprint density at radius 3 is 2.56 bits per heavy atom. The molecule has 0 amide bonds. The molecule has 1 aliphatic carbocycles. The second-order valence-electron chi connectivity index (χ2n) is 4.91. The lowest BCUT2D eigenvalue weighted by molar-refractivity contribution is 0.411. The molecule has 0 bridgehead atoms. The van der Waals surface area contributed by atoms with Crippen LogP contribution in [0.3, 0.4) is 0 Å². The van der Waals surface area contributed by atoms with Crippen LogP contribution in [-0.4, -0.2) is 19.6 Å². The molecule has 1 aromatic carbocycles. The summed E-state index contributed by atoms with van der Waals surface area (Å²) in [5, 5.41) is 9.41. The van der Waals surface area contributed by atoms with Crippen LogP contribution in [0.2, 0.25) is 0 Å². The zero-order valence-corrected chi connectivity index (χ0v) is 11.3. The third-order valence-electron chi connectivity index (χ3n) is 3.39. The lowest BCUT2D eigenvalue weighted by Gasteiger charge is -2.23. The van der Waals surface area contributed by atoms with E-state index in [0.717, 1.165) is 25.7 Å². The Kier molecular flexibility index (Phi) is 3.92. The van der Waals surface area contributed by atoms with Gasteiger partial charge in [-0.1, -0.05) is 25.3 Å². The molecule has 100 valence electrons. The van der Waals surface area contributed by atoms with Gasteiger partial charge in [-0.15, -0.1) is 0 Å². The maximum Gasteiger partial charge on any atom is 0.241 e. The van der Waals surface area contributed by atoms with Crippen LogP contribution in [0.15, 0.2) is 23.1 Å². The van der Waals surface area contributed by atoms with Gasteiger partial charge >= 0.3 is 0 Å². The molecule has 5 heteroatoms. The molecular weight excluding hydrogens is 250 g/mol. The quantitative estimate of drug-likeness (QED) is 0.885. The number of benzene rings is 1. The SMILES string of the molecule is Cc1ccc(O)cc1S(=O)(=O)NC1CCCCC1. The van der Waals surface area contributed by atoms with E-state index in [2.05, 4.69) is 4.72 Å². The average Bonchev–Trinajstić information content (AvgIpc) is 2.33. The third kappa shape index (κ3) is 3.03. The van der Waals surface area contributed by atoms with Gasteiger partial charge in [0, 0.05) is 12.1 Å². The van der Waals surface area contributed by atoms with Gasteiger partial charge in [0.05, 0.1) is 4.90 Å². The molecule has 2 rings (SSSR count). The highest BCUT2D eigenvalue weighted by Gasteiger charge is 2.23. The number of aromatic hydroxyl groups is 1. The van der Waals surface area contributed by atoms with Crippen molar-refractivity contribution >= 4 is 10.0 Å². The van der Waals surface area contributed by atoms with Crippen molar-refractivity contribution in [1.29, 1.82) is 0 Å². The van der Waals surface area contributed by atoms with Crippen molar-refractivity contribution < 1.29 is 13.5 Å². The Hall–Kier alpha value is -1.07. The number of rotatable bonds is 3. The second-order valence-corrected chi connectivity index (χ2v) is 6.59. The minimum Gasteiger partial charge on any atom is -0.508 e. The number of hydrogen-bond acceptors (Lipinski definition) is 3. The van der Waals surface area contributed by atoms with Crippen LogP contribution in [0.4, 0.5) is 0 Å². The molecule has 0 saturated heterocycles. The molecule has 0 spiro atoms. The summed E-state index contributed by atoms with van der Waals surface area (Å²) < 4.78 is 27.2. The summed E-state index contributed by atoms with van der Waals surface area (Å²) in [6.45, 7) is 1.73. The fourth-order valence-corrected chi connectivity index (χ4v) is 3.95. The highest BCUT2D eigenvalue weighted by Crippen LogP contribution is 2.23. The number of aryl methyl sites for hydroxylation is 1. The Balaban J connectivity index is 2.21. The molecule has 0 aliphatic heterocycles. The van der Waals surface area contributed by atoms with Gasteiger partial charge in [0.1, 0.15) is 5.75 Å². The van der Waals surface area contributed by atoms with E-state index in [9.17, 15) is 13.5 Å². The summed E-state index contributed by atoms with van der Waals surface area (Å²) in [4.78, 5) is 0.174. The lowest BCUT2D eigenvalue weighted by atomic mass is 9.96. The predicted molar refractivity (Wildman–Crippen MR) is 70.0 cm³/mol. The summed E-state index contributed by atoms with van der Waals surface area (Å²) in [6.07, 6.45) is 5.13. The van der Waals surface area contributed by atoms with E-state index >= 15 is 0 Å². The summed E-state index contributed by atoms with van der Waals surface area (Å²) in [5.41, 5.74) is 0.649. The van der Waals surface area contributed by atoms with E-state index in [1.54, 1.807) is 13.0 Å². The zero-order valence-electron chi connectivity index (χ0n) is 10.5. The molecule has 2 N–H and O–H groups in total. The number of hydrogen-bond donors (Lipinski definition) is 2. The maximum atomic E-state index is 12.3. The fourth-order valence-electron chi connectivity index (χ4n) is 2.38. The van der Waals surface area contributed by atoms with Gasteiger partial charge in [0.15, 0.2) is 0 Å². The standard InChI is InChI=1S/C13H19NO3S/c1-10-7-8-12(15)9-13(10)18(16,17)14-11-5-3-2-4-6-11/h7-9,11,14-15H,2-6H2,1H3. The number of phenolic OH excluding ortho intramolecular Hbond substituents is 1. The first kappa shape index (κ1) is 13.4. The smallest absolute Gasteiger partial charge is 0.241 e. The van der Waals surface area contributed by atoms with Gasteiger partial charge in [0.25, 0.3) is 0 Å². The van der Waals surface area contributed by atoms with E-state index in [4.69, 9.17) is 0 Å². The minimum absolute atomic E-state index is 0.0235. The minimum atomic E-state index is -3.52. The van der Waals surface area contributed by atoms with Crippen LogP contribution in [0.5, 0.6) is 5.75 Å². The third-order valence-corrected chi connectivity index (χ3v) is 5.05. The van der Waals surface area contributed by atoms with Crippen molar-refractivity contribution in [2.24, 2.45) is 0 Å². The molecule has 18 heavy (non-hydrogen) atoms. The van der Waals surface area contributed by atoms with Gasteiger partial charge in [-0.3, -0.25) is 0 Å². The molecular formula is C13H19NO3S. The van der Waals surface area contributed by atoms with Crippen molar-refractivity contribution in [3.8, 4) is 5.75 Å². The largest absolute Gasteiger partial charge is 0.508 e. The molecule has 4 nitrogen and oxygen atoms in total. The predicted octanol–water partition coefficient (Wildman–Crippen LogP) is 2.31. The Labute approximate surface area is 108 Å². The van der Waals surface area contributed by atoms with Crippen molar-refractivity contribution in [3.05, 3.63) is 23.8 Å². The molecule has 0 aromatic heterocycles. The maximum absolute atomic E-state index is 12.3. The second kappa shape index (κ2) is 5.28. The summed E-state index contributed by atoms with van der Waals surface area (Å²) >= 11 is 0. The van der Waals surface area contributed by atoms with Crippen molar-refractivity contribution in [3.63, 3.8) is 0 Å². The fraction of sp³-hybridized carbons (Fsp3) is 0.538. The molecule has 0 heterocycles. The molecule has 0 atom stereocenters. The van der Waals surface area contributed by atoms with Gasteiger partial charge in [0.2, 0.25) is 10.0 Å². The summed E-state index contributed by atoms with van der Waals surface area (Å²) in [5.74, 6) is -0.0235. The Bertz CT molecular complexity index is 519. The summed E-state index contributed by atoms with van der Waals surface area (Å²) in [6, 6.07) is 4.45. The first-order valence-electron chi connectivity index (χ1n) is 6.31. The van der Waals surface area contributed by atoms with E-state index in [-0.39, 0.29) is 16.7 Å². The normalized spacial score (nSPS) is 17.8. The van der Waals surface area contributed by atoms with Crippen LogP contribution in [0.25, 0.3) is 0 Å². The van der Waals surface area contributed by atoms with Crippen LogP contribution in [-0.2, 0) is 10.0 Å². The van der Waals surface area contributed by atoms with Crippen molar-refractivity contribution in [1.82, 2.24) is 4.72 Å². The first-order valence-corrected chi connectivity index (χ1v) is 7.79. The Morgan fingerprint density at radius 2 is 1.89 bits per heavy atom. The molecule has 1 fully saturated rings. The highest BCUT2D eigenvalue weighted by atomic mass is 32.2. The van der Waals surface area contributed by atoms with Crippen molar-refractivity contribution in [2.45, 2.75) is 50.0 Å². The number of phenols is 1. The monoisotopic (exact) mass is 269 g/mol. The van der Waals surface area contributed by atoms with E-state index < -0.39 is 10.0 Å². The average molecular weight is 269 g/mol. The van der Waals surface area contributed by atoms with Crippen LogP contribution in [0.1, 0.15) is 37.7 Å². The molecule has 1 saturated carbocycles. The van der Waals surface area contributed by atoms with Crippen molar-refractivity contribution in [2.75, 3.05) is 0 Å². The van der Waals surface area contributed by atoms with Crippen LogP contribution in [0, 0.1) is 6.92 Å². The van der Waals surface area contributed by atoms with Gasteiger partial charge in [-0.05, 0) is 31.4 Å².